The molecule has 0 bridgehead atoms. The quantitative estimate of drug-likeness (QED) is 0.706. The molecule has 0 aliphatic heterocycles. The van der Waals surface area contributed by atoms with Crippen LogP contribution in [-0.4, -0.2) is 43.4 Å². The SMILES string of the molecule is CCN(CC)S(=O)(=O)NCC(CC(C)(C)C)C(=O)O. The Morgan fingerprint density at radius 2 is 1.74 bits per heavy atom. The van der Waals surface area contributed by atoms with Gasteiger partial charge in [-0.05, 0) is 11.8 Å². The molecule has 19 heavy (non-hydrogen) atoms. The molecule has 1 atom stereocenters. The number of hydrogen-bond donors (Lipinski definition) is 2. The number of carboxylic acid groups (broad SMARTS) is 1. The Morgan fingerprint density at radius 1 is 1.26 bits per heavy atom. The lowest BCUT2D eigenvalue weighted by molar-refractivity contribution is -0.142. The van der Waals surface area contributed by atoms with Crippen LogP contribution in [0.5, 0.6) is 0 Å². The van der Waals surface area contributed by atoms with E-state index in [2.05, 4.69) is 4.72 Å². The van der Waals surface area contributed by atoms with E-state index in [1.807, 2.05) is 20.8 Å². The van der Waals surface area contributed by atoms with E-state index in [9.17, 15) is 13.2 Å². The maximum atomic E-state index is 11.9. The Morgan fingerprint density at radius 3 is 2.05 bits per heavy atom. The van der Waals surface area contributed by atoms with Gasteiger partial charge in [0.1, 0.15) is 0 Å². The van der Waals surface area contributed by atoms with Gasteiger partial charge in [0.25, 0.3) is 10.2 Å². The van der Waals surface area contributed by atoms with E-state index in [0.717, 1.165) is 0 Å². The third-order valence-electron chi connectivity index (χ3n) is 2.77. The van der Waals surface area contributed by atoms with Crippen LogP contribution in [0.1, 0.15) is 41.0 Å². The number of nitrogens with one attached hydrogen (secondary N) is 1. The molecule has 0 heterocycles. The molecule has 0 spiro atoms. The standard InChI is InChI=1S/C12H26N2O4S/c1-6-14(7-2)19(17,18)13-9-10(11(15)16)8-12(3,4)5/h10,13H,6-9H2,1-5H3,(H,15,16). The molecular formula is C12H26N2O4S. The van der Waals surface area contributed by atoms with Crippen molar-refractivity contribution in [1.29, 1.82) is 0 Å². The summed E-state index contributed by atoms with van der Waals surface area (Å²) in [6.45, 7) is 9.93. The zero-order valence-electron chi connectivity index (χ0n) is 12.4. The monoisotopic (exact) mass is 294 g/mol. The van der Waals surface area contributed by atoms with Gasteiger partial charge in [-0.15, -0.1) is 0 Å². The Hall–Kier alpha value is -0.660. The number of rotatable bonds is 8. The minimum absolute atomic E-state index is 0.0779. The second kappa shape index (κ2) is 7.21. The highest BCUT2D eigenvalue weighted by atomic mass is 32.2. The van der Waals surface area contributed by atoms with E-state index in [1.165, 1.54) is 4.31 Å². The third kappa shape index (κ3) is 6.89. The smallest absolute Gasteiger partial charge is 0.307 e. The topological polar surface area (TPSA) is 86.7 Å². The minimum Gasteiger partial charge on any atom is -0.481 e. The van der Waals surface area contributed by atoms with E-state index in [1.54, 1.807) is 13.8 Å². The molecule has 6 nitrogen and oxygen atoms in total. The molecule has 0 fully saturated rings. The van der Waals surface area contributed by atoms with E-state index in [4.69, 9.17) is 5.11 Å². The van der Waals surface area contributed by atoms with Crippen LogP contribution in [0.2, 0.25) is 0 Å². The van der Waals surface area contributed by atoms with E-state index in [-0.39, 0.29) is 12.0 Å². The summed E-state index contributed by atoms with van der Waals surface area (Å²) in [6, 6.07) is 0. The number of aliphatic carboxylic acids is 1. The molecule has 0 aliphatic rings. The van der Waals surface area contributed by atoms with Gasteiger partial charge in [0.2, 0.25) is 0 Å². The first kappa shape index (κ1) is 18.3. The summed E-state index contributed by atoms with van der Waals surface area (Å²) in [4.78, 5) is 11.2. The predicted molar refractivity (Wildman–Crippen MR) is 75.0 cm³/mol. The normalized spacial score (nSPS) is 14.6. The van der Waals surface area contributed by atoms with Gasteiger partial charge in [-0.3, -0.25) is 4.79 Å². The van der Waals surface area contributed by atoms with Crippen molar-refractivity contribution in [3.63, 3.8) is 0 Å². The molecular weight excluding hydrogens is 268 g/mol. The van der Waals surface area contributed by atoms with Gasteiger partial charge in [0, 0.05) is 19.6 Å². The molecule has 0 saturated carbocycles. The van der Waals surface area contributed by atoms with E-state index >= 15 is 0 Å². The molecule has 0 aromatic rings. The molecule has 1 unspecified atom stereocenters. The summed E-state index contributed by atoms with van der Waals surface area (Å²) in [5, 5.41) is 9.14. The van der Waals surface area contributed by atoms with Crippen molar-refractivity contribution in [2.45, 2.75) is 41.0 Å². The van der Waals surface area contributed by atoms with Crippen molar-refractivity contribution >= 4 is 16.2 Å². The molecule has 0 radical (unpaired) electrons. The fourth-order valence-electron chi connectivity index (χ4n) is 1.85. The van der Waals surface area contributed by atoms with Gasteiger partial charge in [0.05, 0.1) is 5.92 Å². The highest BCUT2D eigenvalue weighted by Crippen LogP contribution is 2.24. The Balaban J connectivity index is 4.69. The van der Waals surface area contributed by atoms with Crippen LogP contribution < -0.4 is 4.72 Å². The zero-order chi connectivity index (χ0) is 15.3. The van der Waals surface area contributed by atoms with Gasteiger partial charge in [-0.1, -0.05) is 34.6 Å². The highest BCUT2D eigenvalue weighted by Gasteiger charge is 2.27. The summed E-state index contributed by atoms with van der Waals surface area (Å²) in [7, 11) is -3.59. The first-order chi connectivity index (χ1) is 8.53. The van der Waals surface area contributed by atoms with Crippen molar-refractivity contribution in [3.8, 4) is 0 Å². The Labute approximate surface area is 116 Å². The van der Waals surface area contributed by atoms with Crippen LogP contribution in [0.4, 0.5) is 0 Å². The molecule has 0 rings (SSSR count). The van der Waals surface area contributed by atoms with Crippen molar-refractivity contribution in [2.24, 2.45) is 11.3 Å². The first-order valence-corrected chi connectivity index (χ1v) is 7.95. The van der Waals surface area contributed by atoms with Gasteiger partial charge < -0.3 is 5.11 Å². The maximum Gasteiger partial charge on any atom is 0.307 e. The lowest BCUT2D eigenvalue weighted by Crippen LogP contribution is -2.43. The largest absolute Gasteiger partial charge is 0.481 e. The first-order valence-electron chi connectivity index (χ1n) is 6.51. The fraction of sp³-hybridized carbons (Fsp3) is 0.917. The van der Waals surface area contributed by atoms with Crippen molar-refractivity contribution < 1.29 is 18.3 Å². The summed E-state index contributed by atoms with van der Waals surface area (Å²) < 4.78 is 27.5. The summed E-state index contributed by atoms with van der Waals surface area (Å²) >= 11 is 0. The fourth-order valence-corrected chi connectivity index (χ4v) is 3.12. The molecule has 114 valence electrons. The molecule has 0 aliphatic carbocycles. The van der Waals surface area contributed by atoms with Gasteiger partial charge in [-0.25, -0.2) is 4.72 Å². The van der Waals surface area contributed by atoms with Crippen LogP contribution in [0.25, 0.3) is 0 Å². The number of carboxylic acids is 1. The molecule has 7 heteroatoms. The second-order valence-corrected chi connectivity index (χ2v) is 7.49. The maximum absolute atomic E-state index is 11.9. The van der Waals surface area contributed by atoms with Crippen molar-refractivity contribution in [2.75, 3.05) is 19.6 Å². The lowest BCUT2D eigenvalue weighted by Gasteiger charge is -2.25. The summed E-state index contributed by atoms with van der Waals surface area (Å²) in [5.74, 6) is -1.69. The molecule has 0 amide bonds. The minimum atomic E-state index is -3.59. The lowest BCUT2D eigenvalue weighted by atomic mass is 9.85. The highest BCUT2D eigenvalue weighted by molar-refractivity contribution is 7.87. The number of hydrogen-bond acceptors (Lipinski definition) is 3. The summed E-state index contributed by atoms with van der Waals surface area (Å²) in [6.07, 6.45) is 0.420. The van der Waals surface area contributed by atoms with Crippen molar-refractivity contribution in [1.82, 2.24) is 9.03 Å². The van der Waals surface area contributed by atoms with Crippen LogP contribution in [-0.2, 0) is 15.0 Å². The molecule has 0 aromatic heterocycles. The van der Waals surface area contributed by atoms with Gasteiger partial charge in [-0.2, -0.15) is 12.7 Å². The van der Waals surface area contributed by atoms with E-state index < -0.39 is 22.1 Å². The van der Waals surface area contributed by atoms with Crippen LogP contribution in [0.3, 0.4) is 0 Å². The van der Waals surface area contributed by atoms with Gasteiger partial charge in [0.15, 0.2) is 0 Å². The average Bonchev–Trinajstić information content (AvgIpc) is 2.23. The number of carbonyl (C=O) groups is 1. The summed E-state index contributed by atoms with van der Waals surface area (Å²) in [5.41, 5.74) is -0.163. The third-order valence-corrected chi connectivity index (χ3v) is 4.49. The number of nitrogens with zero attached hydrogens (tertiary/aromatic N) is 1. The van der Waals surface area contributed by atoms with Gasteiger partial charge >= 0.3 is 5.97 Å². The van der Waals surface area contributed by atoms with Crippen molar-refractivity contribution in [3.05, 3.63) is 0 Å². The zero-order valence-corrected chi connectivity index (χ0v) is 13.2. The van der Waals surface area contributed by atoms with Crippen LogP contribution in [0, 0.1) is 11.3 Å². The van der Waals surface area contributed by atoms with Crippen LogP contribution in [0.15, 0.2) is 0 Å². The Kier molecular flexibility index (Phi) is 6.96. The molecule has 2 N–H and O–H groups in total. The molecule has 0 aromatic carbocycles. The second-order valence-electron chi connectivity index (χ2n) is 5.74. The van der Waals surface area contributed by atoms with E-state index in [0.29, 0.717) is 19.5 Å². The average molecular weight is 294 g/mol. The Bertz CT molecular complexity index is 383. The molecule has 0 saturated heterocycles. The predicted octanol–water partition coefficient (Wildman–Crippen LogP) is 1.30. The van der Waals surface area contributed by atoms with Crippen LogP contribution >= 0.6 is 0 Å².